The summed E-state index contributed by atoms with van der Waals surface area (Å²) in [5, 5.41) is 2.86. The van der Waals surface area contributed by atoms with Gasteiger partial charge < -0.3 is 10.2 Å². The predicted molar refractivity (Wildman–Crippen MR) is 101 cm³/mol. The van der Waals surface area contributed by atoms with Crippen LogP contribution in [0.3, 0.4) is 0 Å². The van der Waals surface area contributed by atoms with E-state index in [0.29, 0.717) is 5.56 Å². The largest absolute Gasteiger partial charge is 0.378 e. The first kappa shape index (κ1) is 19.0. The molecule has 0 radical (unpaired) electrons. The van der Waals surface area contributed by atoms with Crippen LogP contribution in [0.2, 0.25) is 0 Å². The van der Waals surface area contributed by atoms with Gasteiger partial charge in [-0.15, -0.1) is 0 Å². The second-order valence-corrected chi connectivity index (χ2v) is 8.31. The van der Waals surface area contributed by atoms with E-state index in [-0.39, 0.29) is 10.8 Å². The maximum atomic E-state index is 12.4. The molecule has 0 unspecified atom stereocenters. The Kier molecular flexibility index (Phi) is 5.49. The van der Waals surface area contributed by atoms with E-state index in [1.54, 1.807) is 0 Å². The van der Waals surface area contributed by atoms with E-state index in [9.17, 15) is 13.2 Å². The third kappa shape index (κ3) is 4.18. The maximum absolute atomic E-state index is 12.4. The summed E-state index contributed by atoms with van der Waals surface area (Å²) in [7, 11) is 3.35. The van der Waals surface area contributed by atoms with Gasteiger partial charge in [-0.05, 0) is 55.0 Å². The van der Waals surface area contributed by atoms with Gasteiger partial charge in [-0.1, -0.05) is 0 Å². The zero-order chi connectivity index (χ0) is 18.8. The Morgan fingerprint density at radius 1 is 0.960 bits per heavy atom. The smallest absolute Gasteiger partial charge is 0.255 e. The molecular weight excluding hydrogens is 338 g/mol. The van der Waals surface area contributed by atoms with Gasteiger partial charge >= 0.3 is 0 Å². The number of aryl methyl sites for hydroxylation is 1. The second kappa shape index (κ2) is 7.25. The van der Waals surface area contributed by atoms with E-state index in [1.807, 2.05) is 44.1 Å². The number of nitrogens with one attached hydrogen (secondary N) is 1. The number of benzene rings is 2. The van der Waals surface area contributed by atoms with Crippen molar-refractivity contribution in [2.75, 3.05) is 38.4 Å². The van der Waals surface area contributed by atoms with Crippen LogP contribution in [-0.2, 0) is 10.0 Å². The van der Waals surface area contributed by atoms with Crippen molar-refractivity contribution in [3.8, 4) is 0 Å². The standard InChI is InChI=1S/C18H23N3O3S/c1-13-12-15(20(2)3)8-11-17(13)19-18(22)14-6-9-16(10-7-14)25(23,24)21(4)5/h6-12H,1-5H3,(H,19,22). The maximum Gasteiger partial charge on any atom is 0.255 e. The monoisotopic (exact) mass is 361 g/mol. The number of carbonyl (C=O) groups excluding carboxylic acids is 1. The molecule has 7 heteroatoms. The van der Waals surface area contributed by atoms with Gasteiger partial charge in [-0.3, -0.25) is 4.79 Å². The van der Waals surface area contributed by atoms with Gasteiger partial charge in [0.1, 0.15) is 0 Å². The molecule has 0 spiro atoms. The first-order valence-electron chi connectivity index (χ1n) is 7.75. The number of hydrogen-bond acceptors (Lipinski definition) is 4. The molecule has 0 heterocycles. The molecule has 0 aliphatic rings. The molecule has 2 aromatic carbocycles. The van der Waals surface area contributed by atoms with Gasteiger partial charge in [0.25, 0.3) is 5.91 Å². The van der Waals surface area contributed by atoms with Gasteiger partial charge in [-0.2, -0.15) is 0 Å². The Morgan fingerprint density at radius 3 is 2.04 bits per heavy atom. The molecule has 0 aromatic heterocycles. The third-order valence-corrected chi connectivity index (χ3v) is 5.70. The van der Waals surface area contributed by atoms with E-state index in [1.165, 1.54) is 38.4 Å². The van der Waals surface area contributed by atoms with Crippen LogP contribution in [-0.4, -0.2) is 46.8 Å². The summed E-state index contributed by atoms with van der Waals surface area (Å²) >= 11 is 0. The number of amides is 1. The van der Waals surface area contributed by atoms with Gasteiger partial charge in [0.15, 0.2) is 0 Å². The molecule has 0 fully saturated rings. The zero-order valence-corrected chi connectivity index (χ0v) is 15.9. The summed E-state index contributed by atoms with van der Waals surface area (Å²) in [6.45, 7) is 1.93. The fourth-order valence-corrected chi connectivity index (χ4v) is 3.15. The van der Waals surface area contributed by atoms with Crippen LogP contribution in [0.5, 0.6) is 0 Å². The normalized spacial score (nSPS) is 11.4. The Hall–Kier alpha value is -2.38. The highest BCUT2D eigenvalue weighted by atomic mass is 32.2. The summed E-state index contributed by atoms with van der Waals surface area (Å²) in [5.74, 6) is -0.283. The van der Waals surface area contributed by atoms with Crippen molar-refractivity contribution >= 4 is 27.3 Å². The predicted octanol–water partition coefficient (Wildman–Crippen LogP) is 2.56. The van der Waals surface area contributed by atoms with Crippen molar-refractivity contribution in [1.82, 2.24) is 4.31 Å². The fourth-order valence-electron chi connectivity index (χ4n) is 2.25. The summed E-state index contributed by atoms with van der Waals surface area (Å²) < 4.78 is 25.3. The van der Waals surface area contributed by atoms with Crippen molar-refractivity contribution < 1.29 is 13.2 Å². The summed E-state index contributed by atoms with van der Waals surface area (Å²) in [6, 6.07) is 11.7. The van der Waals surface area contributed by atoms with Gasteiger partial charge in [0, 0.05) is 45.1 Å². The van der Waals surface area contributed by atoms with Crippen molar-refractivity contribution in [2.24, 2.45) is 0 Å². The van der Waals surface area contributed by atoms with Crippen LogP contribution in [0.25, 0.3) is 0 Å². The van der Waals surface area contributed by atoms with Gasteiger partial charge in [0.05, 0.1) is 4.90 Å². The molecule has 0 aliphatic heterocycles. The molecule has 0 aliphatic carbocycles. The summed E-state index contributed by atoms with van der Waals surface area (Å²) in [6.07, 6.45) is 0. The molecule has 6 nitrogen and oxygen atoms in total. The topological polar surface area (TPSA) is 69.7 Å². The minimum Gasteiger partial charge on any atom is -0.378 e. The van der Waals surface area contributed by atoms with E-state index in [0.717, 1.165) is 21.2 Å². The lowest BCUT2D eigenvalue weighted by Crippen LogP contribution is -2.22. The van der Waals surface area contributed by atoms with E-state index >= 15 is 0 Å². The number of nitrogens with zero attached hydrogens (tertiary/aromatic N) is 2. The van der Waals surface area contributed by atoms with E-state index in [2.05, 4.69) is 5.32 Å². The average molecular weight is 361 g/mol. The lowest BCUT2D eigenvalue weighted by atomic mass is 10.1. The number of hydrogen-bond donors (Lipinski definition) is 1. The van der Waals surface area contributed by atoms with Gasteiger partial charge in [0.2, 0.25) is 10.0 Å². The lowest BCUT2D eigenvalue weighted by Gasteiger charge is -2.16. The zero-order valence-electron chi connectivity index (χ0n) is 15.1. The Balaban J connectivity index is 2.19. The molecule has 1 amide bonds. The van der Waals surface area contributed by atoms with Gasteiger partial charge in [-0.25, -0.2) is 12.7 Å². The highest BCUT2D eigenvalue weighted by molar-refractivity contribution is 7.89. The molecule has 134 valence electrons. The Morgan fingerprint density at radius 2 is 1.56 bits per heavy atom. The van der Waals surface area contributed by atoms with E-state index in [4.69, 9.17) is 0 Å². The second-order valence-electron chi connectivity index (χ2n) is 6.16. The average Bonchev–Trinajstić information content (AvgIpc) is 2.56. The summed E-state index contributed by atoms with van der Waals surface area (Å²) in [4.78, 5) is 14.5. The van der Waals surface area contributed by atoms with Crippen molar-refractivity contribution in [1.29, 1.82) is 0 Å². The number of sulfonamides is 1. The molecule has 0 atom stereocenters. The number of anilines is 2. The molecule has 1 N–H and O–H groups in total. The number of carbonyl (C=O) groups is 1. The van der Waals surface area contributed by atoms with E-state index < -0.39 is 10.0 Å². The highest BCUT2D eigenvalue weighted by Gasteiger charge is 2.17. The van der Waals surface area contributed by atoms with Crippen LogP contribution in [0, 0.1) is 6.92 Å². The molecule has 0 bridgehead atoms. The van der Waals surface area contributed by atoms with Crippen LogP contribution in [0.1, 0.15) is 15.9 Å². The SMILES string of the molecule is Cc1cc(N(C)C)ccc1NC(=O)c1ccc(S(=O)(=O)N(C)C)cc1. The highest BCUT2D eigenvalue weighted by Crippen LogP contribution is 2.22. The van der Waals surface area contributed by atoms with Crippen LogP contribution >= 0.6 is 0 Å². The lowest BCUT2D eigenvalue weighted by molar-refractivity contribution is 0.102. The molecule has 25 heavy (non-hydrogen) atoms. The van der Waals surface area contributed by atoms with Crippen molar-refractivity contribution in [3.05, 3.63) is 53.6 Å². The van der Waals surface area contributed by atoms with Crippen molar-refractivity contribution in [2.45, 2.75) is 11.8 Å². The molecule has 2 rings (SSSR count). The van der Waals surface area contributed by atoms with Crippen LogP contribution in [0.4, 0.5) is 11.4 Å². The first-order valence-corrected chi connectivity index (χ1v) is 9.19. The fraction of sp³-hybridized carbons (Fsp3) is 0.278. The van der Waals surface area contributed by atoms with Crippen LogP contribution in [0.15, 0.2) is 47.4 Å². The Labute approximate surface area is 149 Å². The quantitative estimate of drug-likeness (QED) is 0.889. The van der Waals surface area contributed by atoms with Crippen molar-refractivity contribution in [3.63, 3.8) is 0 Å². The van der Waals surface area contributed by atoms with Crippen LogP contribution < -0.4 is 10.2 Å². The number of rotatable bonds is 5. The molecular formula is C18H23N3O3S. The first-order chi connectivity index (χ1) is 11.6. The molecule has 2 aromatic rings. The Bertz CT molecular complexity index is 873. The molecule has 0 saturated carbocycles. The summed E-state index contributed by atoms with van der Waals surface area (Å²) in [5.41, 5.74) is 3.12. The third-order valence-electron chi connectivity index (χ3n) is 3.87. The minimum absolute atomic E-state index is 0.153. The minimum atomic E-state index is -3.50. The molecule has 0 saturated heterocycles.